The van der Waals surface area contributed by atoms with Crippen molar-refractivity contribution in [1.82, 2.24) is 9.97 Å². The van der Waals surface area contributed by atoms with Crippen molar-refractivity contribution in [1.29, 1.82) is 0 Å². The molecule has 1 aromatic carbocycles. The summed E-state index contributed by atoms with van der Waals surface area (Å²) in [5, 5.41) is 4.10. The van der Waals surface area contributed by atoms with Crippen LogP contribution in [0.25, 0.3) is 0 Å². The van der Waals surface area contributed by atoms with Gasteiger partial charge in [-0.1, -0.05) is 25.5 Å². The van der Waals surface area contributed by atoms with Crippen LogP contribution in [0.4, 0.5) is 5.95 Å². The van der Waals surface area contributed by atoms with E-state index in [2.05, 4.69) is 27.4 Å². The van der Waals surface area contributed by atoms with E-state index in [-0.39, 0.29) is 5.56 Å². The molecule has 1 aromatic heterocycles. The predicted octanol–water partition coefficient (Wildman–Crippen LogP) is 3.01. The standard InChI is InChI=1S/C17H22N4O2/c1-4-5-9-23-15-8-6-7-14(10-15)11-18-21-17-19-13(3)12(2)16(22)20-17/h6-8,10-11H,4-5,9H2,1-3H3,(H2,19,20,21,22)/b18-11-. The van der Waals surface area contributed by atoms with E-state index in [9.17, 15) is 4.79 Å². The molecule has 2 aromatic rings. The van der Waals surface area contributed by atoms with E-state index >= 15 is 0 Å². The third kappa shape index (κ3) is 4.95. The van der Waals surface area contributed by atoms with Crippen LogP contribution < -0.4 is 15.7 Å². The highest BCUT2D eigenvalue weighted by Crippen LogP contribution is 2.12. The highest BCUT2D eigenvalue weighted by Gasteiger charge is 2.02. The molecule has 2 N–H and O–H groups in total. The lowest BCUT2D eigenvalue weighted by Gasteiger charge is -2.05. The normalized spacial score (nSPS) is 10.9. The van der Waals surface area contributed by atoms with Gasteiger partial charge >= 0.3 is 0 Å². The fourth-order valence-electron chi connectivity index (χ4n) is 1.88. The molecule has 122 valence electrons. The number of ether oxygens (including phenoxy) is 1. The Morgan fingerprint density at radius 1 is 1.39 bits per heavy atom. The molecule has 0 saturated carbocycles. The summed E-state index contributed by atoms with van der Waals surface area (Å²) in [4.78, 5) is 18.5. The van der Waals surface area contributed by atoms with Gasteiger partial charge in [-0.15, -0.1) is 0 Å². The van der Waals surface area contributed by atoms with Crippen LogP contribution in [0.15, 0.2) is 34.2 Å². The number of hydrogen-bond donors (Lipinski definition) is 2. The van der Waals surface area contributed by atoms with Gasteiger partial charge < -0.3 is 4.74 Å². The van der Waals surface area contributed by atoms with E-state index in [1.54, 1.807) is 20.1 Å². The van der Waals surface area contributed by atoms with E-state index in [1.807, 2.05) is 24.3 Å². The zero-order valence-corrected chi connectivity index (χ0v) is 13.7. The summed E-state index contributed by atoms with van der Waals surface area (Å²) < 4.78 is 5.65. The van der Waals surface area contributed by atoms with E-state index in [4.69, 9.17) is 4.74 Å². The Morgan fingerprint density at radius 2 is 2.22 bits per heavy atom. The third-order valence-corrected chi connectivity index (χ3v) is 3.40. The van der Waals surface area contributed by atoms with Crippen molar-refractivity contribution in [3.05, 3.63) is 51.4 Å². The first kappa shape index (κ1) is 16.7. The SMILES string of the molecule is CCCCOc1cccc(/C=N\Nc2nc(C)c(C)c(=O)[nH]2)c1. The third-order valence-electron chi connectivity index (χ3n) is 3.40. The summed E-state index contributed by atoms with van der Waals surface area (Å²) in [5.41, 5.74) is 4.76. The van der Waals surface area contributed by atoms with Crippen LogP contribution in [0.1, 0.15) is 36.6 Å². The monoisotopic (exact) mass is 314 g/mol. The average Bonchev–Trinajstić information content (AvgIpc) is 2.53. The lowest BCUT2D eigenvalue weighted by molar-refractivity contribution is 0.309. The number of benzene rings is 1. The average molecular weight is 314 g/mol. The fourth-order valence-corrected chi connectivity index (χ4v) is 1.88. The molecule has 0 radical (unpaired) electrons. The van der Waals surface area contributed by atoms with Gasteiger partial charge in [-0.05, 0) is 38.0 Å². The number of rotatable bonds is 7. The second-order valence-electron chi connectivity index (χ2n) is 5.27. The molecule has 0 aliphatic carbocycles. The first-order chi connectivity index (χ1) is 11.1. The van der Waals surface area contributed by atoms with Gasteiger partial charge in [-0.3, -0.25) is 9.78 Å². The molecule has 6 heteroatoms. The van der Waals surface area contributed by atoms with Crippen LogP contribution >= 0.6 is 0 Å². The fraction of sp³-hybridized carbons (Fsp3) is 0.353. The molecular weight excluding hydrogens is 292 g/mol. The Balaban J connectivity index is 2.00. The Labute approximate surface area is 135 Å². The molecule has 23 heavy (non-hydrogen) atoms. The second-order valence-corrected chi connectivity index (χ2v) is 5.27. The number of nitrogens with one attached hydrogen (secondary N) is 2. The van der Waals surface area contributed by atoms with Crippen LogP contribution in [-0.2, 0) is 0 Å². The largest absolute Gasteiger partial charge is 0.494 e. The van der Waals surface area contributed by atoms with E-state index in [1.165, 1.54) is 0 Å². The number of nitrogens with zero attached hydrogens (tertiary/aromatic N) is 2. The predicted molar refractivity (Wildman–Crippen MR) is 92.4 cm³/mol. The molecule has 1 heterocycles. The molecule has 0 bridgehead atoms. The van der Waals surface area contributed by atoms with Crippen molar-refractivity contribution in [3.8, 4) is 5.75 Å². The van der Waals surface area contributed by atoms with Crippen molar-refractivity contribution >= 4 is 12.2 Å². The Kier molecular flexibility index (Phi) is 5.91. The van der Waals surface area contributed by atoms with Crippen LogP contribution in [-0.4, -0.2) is 22.8 Å². The Bertz CT molecular complexity index is 738. The van der Waals surface area contributed by atoms with Gasteiger partial charge in [0.25, 0.3) is 5.56 Å². The number of aryl methyl sites for hydroxylation is 1. The minimum atomic E-state index is -0.165. The quantitative estimate of drug-likeness (QED) is 0.468. The zero-order valence-electron chi connectivity index (χ0n) is 13.7. The molecule has 2 rings (SSSR count). The topological polar surface area (TPSA) is 79.4 Å². The van der Waals surface area contributed by atoms with Crippen molar-refractivity contribution in [2.24, 2.45) is 5.10 Å². The van der Waals surface area contributed by atoms with Gasteiger partial charge in [0.1, 0.15) is 5.75 Å². The smallest absolute Gasteiger partial charge is 0.255 e. The van der Waals surface area contributed by atoms with E-state index in [0.717, 1.165) is 24.2 Å². The van der Waals surface area contributed by atoms with Crippen LogP contribution in [0.2, 0.25) is 0 Å². The summed E-state index contributed by atoms with van der Waals surface area (Å²) >= 11 is 0. The van der Waals surface area contributed by atoms with E-state index in [0.29, 0.717) is 23.8 Å². The molecule has 0 spiro atoms. The molecular formula is C17H22N4O2. The van der Waals surface area contributed by atoms with Crippen molar-refractivity contribution in [2.45, 2.75) is 33.6 Å². The number of hydrogen-bond acceptors (Lipinski definition) is 5. The Morgan fingerprint density at radius 3 is 2.96 bits per heavy atom. The molecule has 0 aliphatic heterocycles. The van der Waals surface area contributed by atoms with Gasteiger partial charge in [0.05, 0.1) is 12.8 Å². The minimum absolute atomic E-state index is 0.165. The van der Waals surface area contributed by atoms with E-state index < -0.39 is 0 Å². The maximum Gasteiger partial charge on any atom is 0.255 e. The molecule has 0 fully saturated rings. The molecule has 0 saturated heterocycles. The number of anilines is 1. The maximum atomic E-state index is 11.7. The summed E-state index contributed by atoms with van der Waals surface area (Å²) in [6.07, 6.45) is 3.79. The molecule has 0 amide bonds. The molecule has 0 atom stereocenters. The van der Waals surface area contributed by atoms with Gasteiger partial charge in [0.15, 0.2) is 0 Å². The molecule has 0 unspecified atom stereocenters. The van der Waals surface area contributed by atoms with Crippen LogP contribution in [0.3, 0.4) is 0 Å². The maximum absolute atomic E-state index is 11.7. The summed E-state index contributed by atoms with van der Waals surface area (Å²) in [5.74, 6) is 1.14. The van der Waals surface area contributed by atoms with Crippen molar-refractivity contribution in [3.63, 3.8) is 0 Å². The van der Waals surface area contributed by atoms with Gasteiger partial charge in [0, 0.05) is 11.3 Å². The first-order valence-electron chi connectivity index (χ1n) is 7.69. The van der Waals surface area contributed by atoms with Gasteiger partial charge in [-0.25, -0.2) is 10.4 Å². The zero-order chi connectivity index (χ0) is 16.7. The Hall–Kier alpha value is -2.63. The lowest BCUT2D eigenvalue weighted by Crippen LogP contribution is -2.15. The number of unbranched alkanes of at least 4 members (excludes halogenated alkanes) is 1. The number of hydrazone groups is 1. The lowest BCUT2D eigenvalue weighted by atomic mass is 10.2. The highest BCUT2D eigenvalue weighted by molar-refractivity contribution is 5.80. The number of aromatic nitrogens is 2. The summed E-state index contributed by atoms with van der Waals surface area (Å²) in [7, 11) is 0. The number of H-pyrrole nitrogens is 1. The number of aromatic amines is 1. The van der Waals surface area contributed by atoms with Gasteiger partial charge in [0.2, 0.25) is 5.95 Å². The van der Waals surface area contributed by atoms with Crippen LogP contribution in [0.5, 0.6) is 5.75 Å². The van der Waals surface area contributed by atoms with Gasteiger partial charge in [-0.2, -0.15) is 5.10 Å². The van der Waals surface area contributed by atoms with Crippen molar-refractivity contribution in [2.75, 3.05) is 12.0 Å². The second kappa shape index (κ2) is 8.12. The first-order valence-corrected chi connectivity index (χ1v) is 7.69. The van der Waals surface area contributed by atoms with Crippen molar-refractivity contribution < 1.29 is 4.74 Å². The molecule has 6 nitrogen and oxygen atoms in total. The summed E-state index contributed by atoms with van der Waals surface area (Å²) in [6.45, 7) is 6.36. The highest BCUT2D eigenvalue weighted by atomic mass is 16.5. The van der Waals surface area contributed by atoms with Crippen LogP contribution in [0, 0.1) is 13.8 Å². The summed E-state index contributed by atoms with van der Waals surface area (Å²) in [6, 6.07) is 7.67. The molecule has 0 aliphatic rings. The minimum Gasteiger partial charge on any atom is -0.494 e.